The first-order valence-electron chi connectivity index (χ1n) is 5.00. The lowest BCUT2D eigenvalue weighted by molar-refractivity contribution is 0.210. The minimum Gasteiger partial charge on any atom is -0.395 e. The fourth-order valence-electron chi connectivity index (χ4n) is 1.28. The molecule has 1 heterocycles. The van der Waals surface area contributed by atoms with Crippen LogP contribution in [-0.4, -0.2) is 17.8 Å². The van der Waals surface area contributed by atoms with Crippen molar-refractivity contribution in [2.45, 2.75) is 26.4 Å². The molecule has 0 fully saturated rings. The molecule has 0 unspecified atom stereocenters. The molecular weight excluding hydrogens is 208 g/mol. The number of hydrogen-bond donors (Lipinski definition) is 2. The number of rotatable bonds is 5. The van der Waals surface area contributed by atoms with Crippen LogP contribution in [0.2, 0.25) is 0 Å². The Morgan fingerprint density at radius 2 is 2.27 bits per heavy atom. The lowest BCUT2D eigenvalue weighted by Crippen LogP contribution is -2.36. The largest absolute Gasteiger partial charge is 0.395 e. The van der Waals surface area contributed by atoms with Crippen LogP contribution >= 0.6 is 11.3 Å². The summed E-state index contributed by atoms with van der Waals surface area (Å²) in [5, 5.41) is 21.1. The summed E-state index contributed by atoms with van der Waals surface area (Å²) in [6, 6.07) is 6.01. The molecule has 1 atom stereocenters. The van der Waals surface area contributed by atoms with Gasteiger partial charge in [-0.2, -0.15) is 5.26 Å². The first-order chi connectivity index (χ1) is 7.17. The van der Waals surface area contributed by atoms with E-state index < -0.39 is 0 Å². The zero-order valence-electron chi connectivity index (χ0n) is 9.03. The highest BCUT2D eigenvalue weighted by atomic mass is 32.1. The van der Waals surface area contributed by atoms with Gasteiger partial charge in [0.2, 0.25) is 0 Å². The van der Waals surface area contributed by atoms with Crippen LogP contribution in [0.15, 0.2) is 12.1 Å². The van der Waals surface area contributed by atoms with Gasteiger partial charge in [0.25, 0.3) is 0 Å². The van der Waals surface area contributed by atoms with Gasteiger partial charge in [-0.3, -0.25) is 0 Å². The standard InChI is InChI=1S/C11H16N2OS/c1-8(2)11(7-14)13-6-10-4-3-9(5-12)15-10/h3-4,8,11,13-14H,6-7H2,1-2H3/t11-/m1/s1. The SMILES string of the molecule is CC(C)[C@@H](CO)NCc1ccc(C#N)s1. The summed E-state index contributed by atoms with van der Waals surface area (Å²) in [5.41, 5.74) is 0. The normalized spacial score (nSPS) is 12.7. The van der Waals surface area contributed by atoms with Gasteiger partial charge in [0, 0.05) is 17.5 Å². The summed E-state index contributed by atoms with van der Waals surface area (Å²) in [6.45, 7) is 5.01. The molecule has 0 bridgehead atoms. The number of nitrogens with zero attached hydrogens (tertiary/aromatic N) is 1. The molecule has 3 nitrogen and oxygen atoms in total. The molecule has 1 rings (SSSR count). The molecule has 82 valence electrons. The van der Waals surface area contributed by atoms with Crippen molar-refractivity contribution in [1.29, 1.82) is 5.26 Å². The Morgan fingerprint density at radius 3 is 2.73 bits per heavy atom. The fourth-order valence-corrected chi connectivity index (χ4v) is 2.03. The van der Waals surface area contributed by atoms with E-state index in [1.165, 1.54) is 11.3 Å². The van der Waals surface area contributed by atoms with Crippen molar-refractivity contribution in [1.82, 2.24) is 5.32 Å². The van der Waals surface area contributed by atoms with Gasteiger partial charge >= 0.3 is 0 Å². The Kier molecular flexibility index (Phi) is 4.76. The van der Waals surface area contributed by atoms with Gasteiger partial charge in [0.1, 0.15) is 10.9 Å². The molecule has 15 heavy (non-hydrogen) atoms. The molecule has 0 radical (unpaired) electrons. The van der Waals surface area contributed by atoms with Crippen LogP contribution in [0.25, 0.3) is 0 Å². The molecule has 1 aromatic heterocycles. The van der Waals surface area contributed by atoms with E-state index in [1.54, 1.807) is 0 Å². The third-order valence-electron chi connectivity index (χ3n) is 2.31. The molecule has 0 aliphatic heterocycles. The number of hydrogen-bond acceptors (Lipinski definition) is 4. The topological polar surface area (TPSA) is 56.0 Å². The smallest absolute Gasteiger partial charge is 0.110 e. The van der Waals surface area contributed by atoms with Crippen LogP contribution in [-0.2, 0) is 6.54 Å². The van der Waals surface area contributed by atoms with E-state index in [2.05, 4.69) is 25.2 Å². The van der Waals surface area contributed by atoms with E-state index in [1.807, 2.05) is 12.1 Å². The van der Waals surface area contributed by atoms with Crippen LogP contribution in [0.1, 0.15) is 23.6 Å². The Labute approximate surface area is 94.4 Å². The van der Waals surface area contributed by atoms with Crippen molar-refractivity contribution in [3.05, 3.63) is 21.9 Å². The Hall–Kier alpha value is -0.890. The molecule has 0 saturated carbocycles. The zero-order chi connectivity index (χ0) is 11.3. The Morgan fingerprint density at radius 1 is 1.53 bits per heavy atom. The molecular formula is C11H16N2OS. The van der Waals surface area contributed by atoms with Crippen LogP contribution in [0.5, 0.6) is 0 Å². The molecule has 0 amide bonds. The van der Waals surface area contributed by atoms with Crippen molar-refractivity contribution in [2.24, 2.45) is 5.92 Å². The molecule has 0 saturated heterocycles. The van der Waals surface area contributed by atoms with E-state index >= 15 is 0 Å². The summed E-state index contributed by atoms with van der Waals surface area (Å²) < 4.78 is 0. The van der Waals surface area contributed by atoms with Gasteiger partial charge in [-0.1, -0.05) is 13.8 Å². The Bertz CT molecular complexity index is 341. The fraction of sp³-hybridized carbons (Fsp3) is 0.545. The number of nitrogens with one attached hydrogen (secondary N) is 1. The minimum atomic E-state index is 0.123. The molecule has 4 heteroatoms. The monoisotopic (exact) mass is 224 g/mol. The first-order valence-corrected chi connectivity index (χ1v) is 5.82. The van der Waals surface area contributed by atoms with Crippen molar-refractivity contribution >= 4 is 11.3 Å². The van der Waals surface area contributed by atoms with Gasteiger partial charge in [0.05, 0.1) is 6.61 Å². The quantitative estimate of drug-likeness (QED) is 0.800. The number of nitriles is 1. The third kappa shape index (κ3) is 3.63. The summed E-state index contributed by atoms with van der Waals surface area (Å²) in [4.78, 5) is 1.86. The number of thiophene rings is 1. The highest BCUT2D eigenvalue weighted by Crippen LogP contribution is 2.15. The zero-order valence-corrected chi connectivity index (χ0v) is 9.84. The van der Waals surface area contributed by atoms with E-state index in [0.29, 0.717) is 5.92 Å². The maximum absolute atomic E-state index is 9.11. The molecule has 0 spiro atoms. The van der Waals surface area contributed by atoms with E-state index in [4.69, 9.17) is 10.4 Å². The highest BCUT2D eigenvalue weighted by Gasteiger charge is 2.11. The highest BCUT2D eigenvalue weighted by molar-refractivity contribution is 7.12. The van der Waals surface area contributed by atoms with Crippen LogP contribution < -0.4 is 5.32 Å². The molecule has 2 N–H and O–H groups in total. The van der Waals surface area contributed by atoms with Crippen molar-refractivity contribution in [3.63, 3.8) is 0 Å². The second kappa shape index (κ2) is 5.86. The van der Waals surface area contributed by atoms with Crippen LogP contribution in [0.4, 0.5) is 0 Å². The Balaban J connectivity index is 2.46. The van der Waals surface area contributed by atoms with Gasteiger partial charge in [-0.05, 0) is 18.1 Å². The van der Waals surface area contributed by atoms with Crippen molar-refractivity contribution in [3.8, 4) is 6.07 Å². The molecule has 0 aliphatic rings. The first kappa shape index (κ1) is 12.2. The predicted molar refractivity (Wildman–Crippen MR) is 61.6 cm³/mol. The summed E-state index contributed by atoms with van der Waals surface area (Å²) in [6.07, 6.45) is 0. The average molecular weight is 224 g/mol. The summed E-state index contributed by atoms with van der Waals surface area (Å²) in [5.74, 6) is 0.408. The lowest BCUT2D eigenvalue weighted by atomic mass is 10.1. The average Bonchev–Trinajstić information content (AvgIpc) is 2.66. The second-order valence-corrected chi connectivity index (χ2v) is 4.96. The molecule has 1 aromatic rings. The lowest BCUT2D eigenvalue weighted by Gasteiger charge is -2.19. The maximum atomic E-state index is 9.11. The van der Waals surface area contributed by atoms with Crippen molar-refractivity contribution in [2.75, 3.05) is 6.61 Å². The van der Waals surface area contributed by atoms with Crippen LogP contribution in [0.3, 0.4) is 0 Å². The van der Waals surface area contributed by atoms with E-state index in [9.17, 15) is 0 Å². The maximum Gasteiger partial charge on any atom is 0.110 e. The predicted octanol–water partition coefficient (Wildman–Crippen LogP) is 1.73. The van der Waals surface area contributed by atoms with Crippen LogP contribution in [0, 0.1) is 17.2 Å². The molecule has 0 aromatic carbocycles. The van der Waals surface area contributed by atoms with Gasteiger partial charge < -0.3 is 10.4 Å². The summed E-state index contributed by atoms with van der Waals surface area (Å²) in [7, 11) is 0. The minimum absolute atomic E-state index is 0.123. The third-order valence-corrected chi connectivity index (χ3v) is 3.30. The number of aliphatic hydroxyl groups excluding tert-OH is 1. The molecule has 0 aliphatic carbocycles. The van der Waals surface area contributed by atoms with Gasteiger partial charge in [0.15, 0.2) is 0 Å². The summed E-state index contributed by atoms with van der Waals surface area (Å²) >= 11 is 1.49. The van der Waals surface area contributed by atoms with Gasteiger partial charge in [-0.15, -0.1) is 11.3 Å². The number of aliphatic hydroxyl groups is 1. The van der Waals surface area contributed by atoms with Gasteiger partial charge in [-0.25, -0.2) is 0 Å². The van der Waals surface area contributed by atoms with E-state index in [-0.39, 0.29) is 12.6 Å². The second-order valence-electron chi connectivity index (χ2n) is 3.79. The van der Waals surface area contributed by atoms with E-state index in [0.717, 1.165) is 16.3 Å². The van der Waals surface area contributed by atoms with Crippen molar-refractivity contribution < 1.29 is 5.11 Å².